The van der Waals surface area contributed by atoms with E-state index in [0.717, 1.165) is 23.0 Å². The number of carboxylic acids is 1. The lowest BCUT2D eigenvalue weighted by Crippen LogP contribution is -2.19. The predicted molar refractivity (Wildman–Crippen MR) is 108 cm³/mol. The molecule has 30 heavy (non-hydrogen) atoms. The fourth-order valence-electron chi connectivity index (χ4n) is 3.09. The van der Waals surface area contributed by atoms with Gasteiger partial charge in [-0.2, -0.15) is 23.7 Å². The number of aryl methyl sites for hydroxylation is 1. The minimum absolute atomic E-state index is 0. The summed E-state index contributed by atoms with van der Waals surface area (Å²) in [5, 5.41) is 17.2. The second kappa shape index (κ2) is 7.71. The van der Waals surface area contributed by atoms with E-state index < -0.39 is 29.2 Å². The van der Waals surface area contributed by atoms with Gasteiger partial charge >= 0.3 is 5.97 Å². The molecule has 0 aliphatic carbocycles. The van der Waals surface area contributed by atoms with E-state index >= 15 is 0 Å². The SMILES string of the molecule is Cc1nn([C@@H](C)c2ccc(F)cc2F)c2c(=O)[nH]c(-n3cc(C(=O)O)cn3)nc12.S. The average Bonchev–Trinajstić information content (AvgIpc) is 3.27. The molecule has 3 aromatic heterocycles. The maximum absolute atomic E-state index is 14.2. The molecular formula is C18H16F2N6O3S. The summed E-state index contributed by atoms with van der Waals surface area (Å²) in [6, 6.07) is 2.49. The highest BCUT2D eigenvalue weighted by Crippen LogP contribution is 2.25. The van der Waals surface area contributed by atoms with Crippen LogP contribution in [0.1, 0.15) is 34.6 Å². The van der Waals surface area contributed by atoms with Gasteiger partial charge < -0.3 is 5.11 Å². The standard InChI is InChI=1S/C18H14F2N6O3.H2S/c1-8-14-15(26(24-8)9(2)12-4-3-11(19)5-13(12)20)16(27)23-18(22-14)25-7-10(6-21-25)17(28)29;/h3-7,9H,1-2H3,(H,28,29)(H,22,23,27);1H2/t9-;/m0./s1. The molecule has 12 heteroatoms. The molecule has 0 unspecified atom stereocenters. The Morgan fingerprint density at radius 3 is 2.67 bits per heavy atom. The molecule has 0 amide bonds. The first kappa shape index (κ1) is 21.2. The third-order valence-corrected chi connectivity index (χ3v) is 4.54. The summed E-state index contributed by atoms with van der Waals surface area (Å²) >= 11 is 0. The molecule has 0 radical (unpaired) electrons. The number of nitrogens with one attached hydrogen (secondary N) is 1. The van der Waals surface area contributed by atoms with E-state index in [1.807, 2.05) is 0 Å². The minimum atomic E-state index is -1.17. The highest BCUT2D eigenvalue weighted by Gasteiger charge is 2.22. The van der Waals surface area contributed by atoms with Crippen molar-refractivity contribution in [2.24, 2.45) is 0 Å². The zero-order valence-electron chi connectivity index (χ0n) is 15.7. The van der Waals surface area contributed by atoms with E-state index in [-0.39, 0.29) is 41.6 Å². The van der Waals surface area contributed by atoms with Crippen LogP contribution in [0.4, 0.5) is 8.78 Å². The number of rotatable bonds is 4. The molecule has 0 aliphatic rings. The number of aromatic carboxylic acids is 1. The van der Waals surface area contributed by atoms with Gasteiger partial charge in [-0.25, -0.2) is 23.2 Å². The molecule has 0 spiro atoms. The van der Waals surface area contributed by atoms with Gasteiger partial charge in [0.1, 0.15) is 17.2 Å². The predicted octanol–water partition coefficient (Wildman–Crippen LogP) is 2.31. The van der Waals surface area contributed by atoms with Gasteiger partial charge in [-0.3, -0.25) is 14.5 Å². The number of hydrogen-bond donors (Lipinski definition) is 2. The number of nitrogens with zero attached hydrogens (tertiary/aromatic N) is 5. The molecule has 3 heterocycles. The van der Waals surface area contributed by atoms with Crippen molar-refractivity contribution >= 4 is 30.5 Å². The summed E-state index contributed by atoms with van der Waals surface area (Å²) in [6.45, 7) is 3.26. The molecule has 4 rings (SSSR count). The Labute approximate surface area is 174 Å². The minimum Gasteiger partial charge on any atom is -0.478 e. The zero-order valence-corrected chi connectivity index (χ0v) is 16.7. The lowest BCUT2D eigenvalue weighted by Gasteiger charge is -2.14. The molecule has 0 saturated carbocycles. The summed E-state index contributed by atoms with van der Waals surface area (Å²) in [5.74, 6) is -2.61. The first-order valence-electron chi connectivity index (χ1n) is 8.48. The fraction of sp³-hybridized carbons (Fsp3) is 0.167. The third kappa shape index (κ3) is 3.45. The van der Waals surface area contributed by atoms with Crippen molar-refractivity contribution in [1.82, 2.24) is 29.5 Å². The van der Waals surface area contributed by atoms with Gasteiger partial charge in [-0.05, 0) is 19.9 Å². The summed E-state index contributed by atoms with van der Waals surface area (Å²) in [6.07, 6.45) is 2.34. The molecule has 156 valence electrons. The fourth-order valence-corrected chi connectivity index (χ4v) is 3.09. The number of benzene rings is 1. The molecule has 2 N–H and O–H groups in total. The van der Waals surface area contributed by atoms with E-state index in [1.165, 1.54) is 16.9 Å². The van der Waals surface area contributed by atoms with Crippen molar-refractivity contribution in [1.29, 1.82) is 0 Å². The van der Waals surface area contributed by atoms with Crippen molar-refractivity contribution in [3.63, 3.8) is 0 Å². The van der Waals surface area contributed by atoms with E-state index in [1.54, 1.807) is 13.8 Å². The van der Waals surface area contributed by atoms with Gasteiger partial charge in [0, 0.05) is 17.8 Å². The smallest absolute Gasteiger partial charge is 0.338 e. The Balaban J connectivity index is 0.00000256. The topological polar surface area (TPSA) is 119 Å². The van der Waals surface area contributed by atoms with Gasteiger partial charge in [-0.1, -0.05) is 6.07 Å². The second-order valence-electron chi connectivity index (χ2n) is 6.44. The van der Waals surface area contributed by atoms with Gasteiger partial charge in [0.25, 0.3) is 5.56 Å². The van der Waals surface area contributed by atoms with Crippen LogP contribution in [-0.4, -0.2) is 40.6 Å². The van der Waals surface area contributed by atoms with Crippen molar-refractivity contribution in [2.45, 2.75) is 19.9 Å². The van der Waals surface area contributed by atoms with Crippen molar-refractivity contribution < 1.29 is 18.7 Å². The highest BCUT2D eigenvalue weighted by atomic mass is 32.1. The Kier molecular flexibility index (Phi) is 5.44. The molecular weight excluding hydrogens is 418 g/mol. The lowest BCUT2D eigenvalue weighted by molar-refractivity contribution is 0.0697. The molecule has 4 aromatic rings. The van der Waals surface area contributed by atoms with Gasteiger partial charge in [-0.15, -0.1) is 0 Å². The Morgan fingerprint density at radius 1 is 1.30 bits per heavy atom. The van der Waals surface area contributed by atoms with Crippen molar-refractivity contribution in [3.8, 4) is 5.95 Å². The number of aromatic amines is 1. The monoisotopic (exact) mass is 434 g/mol. The van der Waals surface area contributed by atoms with Crippen LogP contribution < -0.4 is 5.56 Å². The van der Waals surface area contributed by atoms with Crippen LogP contribution in [-0.2, 0) is 0 Å². The number of halogens is 2. The van der Waals surface area contributed by atoms with E-state index in [0.29, 0.717) is 5.69 Å². The van der Waals surface area contributed by atoms with E-state index in [2.05, 4.69) is 20.2 Å². The van der Waals surface area contributed by atoms with Crippen LogP contribution in [0.25, 0.3) is 17.0 Å². The second-order valence-corrected chi connectivity index (χ2v) is 6.44. The van der Waals surface area contributed by atoms with Crippen molar-refractivity contribution in [3.05, 3.63) is 69.4 Å². The van der Waals surface area contributed by atoms with Gasteiger partial charge in [0.2, 0.25) is 5.95 Å². The summed E-state index contributed by atoms with van der Waals surface area (Å²) in [4.78, 5) is 30.6. The lowest BCUT2D eigenvalue weighted by atomic mass is 10.1. The molecule has 0 bridgehead atoms. The number of carboxylic acid groups (broad SMARTS) is 1. The van der Waals surface area contributed by atoms with Crippen LogP contribution in [0.3, 0.4) is 0 Å². The molecule has 0 fully saturated rings. The van der Waals surface area contributed by atoms with Crippen LogP contribution in [0.5, 0.6) is 0 Å². The van der Waals surface area contributed by atoms with Crippen LogP contribution in [0.15, 0.2) is 35.4 Å². The van der Waals surface area contributed by atoms with Crippen LogP contribution >= 0.6 is 13.5 Å². The Morgan fingerprint density at radius 2 is 2.03 bits per heavy atom. The molecule has 0 aliphatic heterocycles. The summed E-state index contributed by atoms with van der Waals surface area (Å²) in [5.41, 5.74) is 0.302. The summed E-state index contributed by atoms with van der Waals surface area (Å²) in [7, 11) is 0. The molecule has 0 saturated heterocycles. The van der Waals surface area contributed by atoms with E-state index in [4.69, 9.17) is 5.11 Å². The van der Waals surface area contributed by atoms with Crippen LogP contribution in [0, 0.1) is 18.6 Å². The average molecular weight is 434 g/mol. The normalized spacial score (nSPS) is 12.0. The number of hydrogen-bond acceptors (Lipinski definition) is 5. The summed E-state index contributed by atoms with van der Waals surface area (Å²) < 4.78 is 29.9. The zero-order chi connectivity index (χ0) is 20.9. The molecule has 9 nitrogen and oxygen atoms in total. The number of carbonyl (C=O) groups is 1. The number of aromatic nitrogens is 6. The van der Waals surface area contributed by atoms with Crippen LogP contribution in [0.2, 0.25) is 0 Å². The quantitative estimate of drug-likeness (QED) is 0.509. The van der Waals surface area contributed by atoms with Gasteiger partial charge in [0.05, 0.1) is 23.5 Å². The third-order valence-electron chi connectivity index (χ3n) is 4.54. The largest absolute Gasteiger partial charge is 0.478 e. The van der Waals surface area contributed by atoms with E-state index in [9.17, 15) is 18.4 Å². The molecule has 1 aromatic carbocycles. The highest BCUT2D eigenvalue weighted by molar-refractivity contribution is 7.59. The Hall–Kier alpha value is -3.54. The maximum atomic E-state index is 14.2. The van der Waals surface area contributed by atoms with Crippen molar-refractivity contribution in [2.75, 3.05) is 0 Å². The first-order chi connectivity index (χ1) is 13.8. The first-order valence-corrected chi connectivity index (χ1v) is 8.48. The Bertz CT molecular complexity index is 1330. The molecule has 1 atom stereocenters. The number of H-pyrrole nitrogens is 1. The van der Waals surface area contributed by atoms with Gasteiger partial charge in [0.15, 0.2) is 5.52 Å². The maximum Gasteiger partial charge on any atom is 0.338 e. The number of fused-ring (bicyclic) bond motifs is 1.